The Morgan fingerprint density at radius 2 is 1.90 bits per heavy atom. The molecule has 0 amide bonds. The van der Waals surface area contributed by atoms with Crippen molar-refractivity contribution in [2.75, 3.05) is 0 Å². The summed E-state index contributed by atoms with van der Waals surface area (Å²) in [5.41, 5.74) is 6.37. The molecule has 1 aromatic carbocycles. The predicted octanol–water partition coefficient (Wildman–Crippen LogP) is 3.40. The van der Waals surface area contributed by atoms with Gasteiger partial charge >= 0.3 is 0 Å². The van der Waals surface area contributed by atoms with E-state index in [1.54, 1.807) is 12.1 Å². The van der Waals surface area contributed by atoms with Crippen LogP contribution in [0.4, 0.5) is 0 Å². The monoisotopic (exact) mass is 376 g/mol. The highest BCUT2D eigenvalue weighted by Gasteiger charge is 2.20. The van der Waals surface area contributed by atoms with Crippen LogP contribution in [0, 0.1) is 5.92 Å². The lowest BCUT2D eigenvalue weighted by atomic mass is 10.0. The predicted molar refractivity (Wildman–Crippen MR) is 90.5 cm³/mol. The third kappa shape index (κ3) is 6.06. The van der Waals surface area contributed by atoms with Gasteiger partial charge < -0.3 is 5.73 Å². The Kier molecular flexibility index (Phi) is 7.33. The van der Waals surface area contributed by atoms with Crippen molar-refractivity contribution in [3.05, 3.63) is 28.2 Å². The van der Waals surface area contributed by atoms with Gasteiger partial charge in [-0.25, -0.2) is 13.1 Å². The first-order chi connectivity index (χ1) is 9.76. The van der Waals surface area contributed by atoms with Crippen molar-refractivity contribution in [1.29, 1.82) is 0 Å². The van der Waals surface area contributed by atoms with Gasteiger partial charge in [-0.1, -0.05) is 32.8 Å². The van der Waals surface area contributed by atoms with E-state index >= 15 is 0 Å². The number of sulfonamides is 1. The summed E-state index contributed by atoms with van der Waals surface area (Å²) in [5, 5.41) is 0. The topological polar surface area (TPSA) is 72.2 Å². The molecule has 0 fully saturated rings. The quantitative estimate of drug-likeness (QED) is 0.729. The van der Waals surface area contributed by atoms with Crippen molar-refractivity contribution >= 4 is 26.0 Å². The molecular weight excluding hydrogens is 352 g/mol. The lowest BCUT2D eigenvalue weighted by Crippen LogP contribution is -2.33. The number of halogens is 1. The molecule has 0 aliphatic carbocycles. The maximum absolute atomic E-state index is 12.4. The Labute approximate surface area is 136 Å². The first-order valence-electron chi connectivity index (χ1n) is 7.27. The van der Waals surface area contributed by atoms with E-state index in [-0.39, 0.29) is 10.9 Å². The summed E-state index contributed by atoms with van der Waals surface area (Å²) < 4.78 is 28.2. The number of nitrogens with one attached hydrogen (secondary N) is 1. The third-order valence-electron chi connectivity index (χ3n) is 3.30. The van der Waals surface area contributed by atoms with Gasteiger partial charge in [0.25, 0.3) is 0 Å². The summed E-state index contributed by atoms with van der Waals surface area (Å²) in [6, 6.07) is 5.07. The molecule has 0 saturated heterocycles. The smallest absolute Gasteiger partial charge is 0.241 e. The van der Waals surface area contributed by atoms with E-state index in [4.69, 9.17) is 5.73 Å². The van der Waals surface area contributed by atoms with Gasteiger partial charge in [-0.3, -0.25) is 0 Å². The molecule has 0 aliphatic rings. The maximum atomic E-state index is 12.4. The number of nitrogens with two attached hydrogens (primary N) is 1. The average molecular weight is 377 g/mol. The van der Waals surface area contributed by atoms with E-state index in [9.17, 15) is 8.42 Å². The minimum Gasteiger partial charge on any atom is -0.326 e. The second-order valence-electron chi connectivity index (χ2n) is 5.82. The van der Waals surface area contributed by atoms with Gasteiger partial charge in [-0.05, 0) is 52.9 Å². The molecule has 21 heavy (non-hydrogen) atoms. The van der Waals surface area contributed by atoms with Crippen LogP contribution in [0.25, 0.3) is 0 Å². The van der Waals surface area contributed by atoms with Gasteiger partial charge in [-0.15, -0.1) is 0 Å². The normalized spacial score (nSPS) is 13.6. The van der Waals surface area contributed by atoms with Gasteiger partial charge in [0.1, 0.15) is 0 Å². The van der Waals surface area contributed by atoms with Crippen LogP contribution in [0.5, 0.6) is 0 Å². The second-order valence-corrected chi connectivity index (χ2v) is 8.35. The van der Waals surface area contributed by atoms with Crippen molar-refractivity contribution in [2.24, 2.45) is 11.7 Å². The van der Waals surface area contributed by atoms with E-state index in [2.05, 4.69) is 34.5 Å². The van der Waals surface area contributed by atoms with Crippen molar-refractivity contribution in [2.45, 2.75) is 57.5 Å². The van der Waals surface area contributed by atoms with Crippen LogP contribution in [0.1, 0.15) is 45.6 Å². The van der Waals surface area contributed by atoms with E-state index in [0.29, 0.717) is 16.9 Å². The Bertz CT molecular complexity index is 559. The van der Waals surface area contributed by atoms with Crippen molar-refractivity contribution in [1.82, 2.24) is 4.72 Å². The molecule has 0 radical (unpaired) electrons. The molecular formula is C15H25BrN2O2S. The standard InChI is InChI=1S/C15H25BrN2O2S/c1-11(2)5-4-6-12(3)18-21(19,20)15-9-13(10-17)7-8-14(15)16/h7-9,11-12,18H,4-6,10,17H2,1-3H3. The van der Waals surface area contributed by atoms with Gasteiger partial charge in [0.2, 0.25) is 10.0 Å². The molecule has 1 aromatic rings. The van der Waals surface area contributed by atoms with Crippen LogP contribution in [0.15, 0.2) is 27.6 Å². The van der Waals surface area contributed by atoms with E-state index in [1.807, 2.05) is 13.0 Å². The molecule has 0 aromatic heterocycles. The van der Waals surface area contributed by atoms with Crippen LogP contribution >= 0.6 is 15.9 Å². The molecule has 0 bridgehead atoms. The number of rotatable bonds is 8. The first kappa shape index (κ1) is 18.6. The van der Waals surface area contributed by atoms with Gasteiger partial charge in [0.15, 0.2) is 0 Å². The summed E-state index contributed by atoms with van der Waals surface area (Å²) in [7, 11) is -3.53. The summed E-state index contributed by atoms with van der Waals surface area (Å²) in [4.78, 5) is 0.251. The average Bonchev–Trinajstić information content (AvgIpc) is 2.38. The Balaban J connectivity index is 2.77. The number of hydrogen-bond donors (Lipinski definition) is 2. The summed E-state index contributed by atoms with van der Waals surface area (Å²) in [6.07, 6.45) is 2.97. The zero-order valence-electron chi connectivity index (χ0n) is 12.9. The zero-order valence-corrected chi connectivity index (χ0v) is 15.3. The summed E-state index contributed by atoms with van der Waals surface area (Å²) in [6.45, 7) is 6.56. The minimum atomic E-state index is -3.53. The lowest BCUT2D eigenvalue weighted by molar-refractivity contribution is 0.488. The van der Waals surface area contributed by atoms with Crippen molar-refractivity contribution in [3.8, 4) is 0 Å². The highest BCUT2D eigenvalue weighted by Crippen LogP contribution is 2.23. The van der Waals surface area contributed by atoms with Gasteiger partial charge in [0.05, 0.1) is 4.90 Å². The van der Waals surface area contributed by atoms with Gasteiger partial charge in [0, 0.05) is 17.1 Å². The Morgan fingerprint density at radius 3 is 2.48 bits per heavy atom. The summed E-state index contributed by atoms with van der Waals surface area (Å²) >= 11 is 3.30. The van der Waals surface area contributed by atoms with E-state index in [0.717, 1.165) is 24.8 Å². The molecule has 1 rings (SSSR count). The van der Waals surface area contributed by atoms with E-state index in [1.165, 1.54) is 0 Å². The molecule has 1 unspecified atom stereocenters. The van der Waals surface area contributed by atoms with Crippen LogP contribution in [-0.4, -0.2) is 14.5 Å². The van der Waals surface area contributed by atoms with Crippen LogP contribution in [0.3, 0.4) is 0 Å². The highest BCUT2D eigenvalue weighted by atomic mass is 79.9. The first-order valence-corrected chi connectivity index (χ1v) is 9.54. The van der Waals surface area contributed by atoms with E-state index < -0.39 is 10.0 Å². The lowest BCUT2D eigenvalue weighted by Gasteiger charge is -2.16. The van der Waals surface area contributed by atoms with Crippen LogP contribution < -0.4 is 10.5 Å². The highest BCUT2D eigenvalue weighted by molar-refractivity contribution is 9.10. The van der Waals surface area contributed by atoms with Crippen LogP contribution in [0.2, 0.25) is 0 Å². The van der Waals surface area contributed by atoms with Crippen molar-refractivity contribution < 1.29 is 8.42 Å². The molecule has 0 saturated carbocycles. The van der Waals surface area contributed by atoms with Gasteiger partial charge in [-0.2, -0.15) is 0 Å². The minimum absolute atomic E-state index is 0.0813. The molecule has 120 valence electrons. The fourth-order valence-electron chi connectivity index (χ4n) is 2.10. The molecule has 0 aliphatic heterocycles. The third-order valence-corrected chi connectivity index (χ3v) is 5.88. The molecule has 0 heterocycles. The number of hydrogen-bond acceptors (Lipinski definition) is 3. The molecule has 6 heteroatoms. The zero-order chi connectivity index (χ0) is 16.0. The van der Waals surface area contributed by atoms with Crippen molar-refractivity contribution in [3.63, 3.8) is 0 Å². The Hall–Kier alpha value is -0.430. The molecule has 1 atom stereocenters. The SMILES string of the molecule is CC(C)CCCC(C)NS(=O)(=O)c1cc(CN)ccc1Br. The maximum Gasteiger partial charge on any atom is 0.241 e. The number of benzene rings is 1. The molecule has 0 spiro atoms. The molecule has 3 N–H and O–H groups in total. The summed E-state index contributed by atoms with van der Waals surface area (Å²) in [5.74, 6) is 0.643. The second kappa shape index (κ2) is 8.27. The fourth-order valence-corrected chi connectivity index (χ4v) is 4.39. The molecule has 4 nitrogen and oxygen atoms in total. The largest absolute Gasteiger partial charge is 0.326 e. The van der Waals surface area contributed by atoms with Crippen LogP contribution in [-0.2, 0) is 16.6 Å². The Morgan fingerprint density at radius 1 is 1.24 bits per heavy atom. The fraction of sp³-hybridized carbons (Fsp3) is 0.600.